The maximum atomic E-state index is 12.5. The zero-order valence-electron chi connectivity index (χ0n) is 10.4. The highest BCUT2D eigenvalue weighted by Gasteiger charge is 2.29. The van der Waals surface area contributed by atoms with Crippen LogP contribution in [-0.2, 0) is 6.18 Å². The van der Waals surface area contributed by atoms with Crippen molar-refractivity contribution in [2.45, 2.75) is 6.18 Å². The third-order valence-corrected chi connectivity index (χ3v) is 3.19. The quantitative estimate of drug-likeness (QED) is 0.613. The summed E-state index contributed by atoms with van der Waals surface area (Å²) in [5, 5.41) is 2.01. The molecule has 0 saturated heterocycles. The fourth-order valence-electron chi connectivity index (χ4n) is 2.11. The zero-order chi connectivity index (χ0) is 14.2. The van der Waals surface area contributed by atoms with E-state index in [9.17, 15) is 13.2 Å². The number of hydrogen-bond acceptors (Lipinski definition) is 1. The van der Waals surface area contributed by atoms with E-state index < -0.39 is 11.7 Å². The number of fused-ring (bicyclic) bond motifs is 1. The molecule has 1 nitrogen and oxygen atoms in total. The van der Waals surface area contributed by atoms with Gasteiger partial charge in [0.05, 0.1) is 5.56 Å². The van der Waals surface area contributed by atoms with Crippen LogP contribution in [0.25, 0.3) is 21.9 Å². The minimum atomic E-state index is -4.30. The first-order valence-electron chi connectivity index (χ1n) is 6.05. The molecular formula is C16H10F3N. The molecule has 0 spiro atoms. The molecule has 0 radical (unpaired) electrons. The van der Waals surface area contributed by atoms with Gasteiger partial charge in [-0.15, -0.1) is 0 Å². The Kier molecular flexibility index (Phi) is 2.93. The van der Waals surface area contributed by atoms with Crippen molar-refractivity contribution in [2.75, 3.05) is 0 Å². The lowest BCUT2D eigenvalue weighted by Crippen LogP contribution is -2.03. The van der Waals surface area contributed by atoms with Crippen molar-refractivity contribution in [3.63, 3.8) is 0 Å². The van der Waals surface area contributed by atoms with E-state index in [1.165, 1.54) is 12.1 Å². The monoisotopic (exact) mass is 273 g/mol. The van der Waals surface area contributed by atoms with Crippen LogP contribution < -0.4 is 0 Å². The van der Waals surface area contributed by atoms with Gasteiger partial charge in [-0.2, -0.15) is 13.2 Å². The van der Waals surface area contributed by atoms with Crippen molar-refractivity contribution in [3.8, 4) is 11.1 Å². The molecule has 0 N–H and O–H groups in total. The van der Waals surface area contributed by atoms with Crippen molar-refractivity contribution >= 4 is 10.8 Å². The normalized spacial score (nSPS) is 11.8. The van der Waals surface area contributed by atoms with Gasteiger partial charge in [-0.05, 0) is 40.8 Å². The molecule has 100 valence electrons. The molecule has 0 amide bonds. The van der Waals surface area contributed by atoms with Crippen LogP contribution >= 0.6 is 0 Å². The second-order valence-corrected chi connectivity index (χ2v) is 4.51. The molecule has 3 rings (SSSR count). The van der Waals surface area contributed by atoms with E-state index in [2.05, 4.69) is 4.98 Å². The number of alkyl halides is 3. The van der Waals surface area contributed by atoms with E-state index in [1.807, 2.05) is 24.3 Å². The van der Waals surface area contributed by atoms with E-state index in [0.29, 0.717) is 0 Å². The van der Waals surface area contributed by atoms with Gasteiger partial charge in [0.1, 0.15) is 0 Å². The Bertz CT molecular complexity index is 746. The Hall–Kier alpha value is -2.36. The molecule has 0 unspecified atom stereocenters. The van der Waals surface area contributed by atoms with Gasteiger partial charge < -0.3 is 0 Å². The highest BCUT2D eigenvalue weighted by molar-refractivity contribution is 5.86. The number of benzene rings is 2. The van der Waals surface area contributed by atoms with Crippen molar-refractivity contribution in [2.24, 2.45) is 0 Å². The van der Waals surface area contributed by atoms with Gasteiger partial charge in [0.2, 0.25) is 0 Å². The van der Waals surface area contributed by atoms with Gasteiger partial charge >= 0.3 is 6.18 Å². The van der Waals surface area contributed by atoms with E-state index in [1.54, 1.807) is 12.4 Å². The van der Waals surface area contributed by atoms with Gasteiger partial charge in [-0.3, -0.25) is 4.98 Å². The highest BCUT2D eigenvalue weighted by Crippen LogP contribution is 2.31. The second kappa shape index (κ2) is 4.63. The van der Waals surface area contributed by atoms with Gasteiger partial charge in [0.25, 0.3) is 0 Å². The zero-order valence-corrected chi connectivity index (χ0v) is 10.4. The largest absolute Gasteiger partial charge is 0.416 e. The number of rotatable bonds is 1. The maximum absolute atomic E-state index is 12.5. The average Bonchev–Trinajstić information content (AvgIpc) is 2.46. The molecule has 0 fully saturated rings. The first kappa shape index (κ1) is 12.7. The lowest BCUT2D eigenvalue weighted by atomic mass is 10.0. The summed E-state index contributed by atoms with van der Waals surface area (Å²) >= 11 is 0. The van der Waals surface area contributed by atoms with Gasteiger partial charge in [0.15, 0.2) is 0 Å². The van der Waals surface area contributed by atoms with Crippen molar-refractivity contribution in [1.29, 1.82) is 0 Å². The smallest absolute Gasteiger partial charge is 0.264 e. The Morgan fingerprint density at radius 2 is 1.45 bits per heavy atom. The van der Waals surface area contributed by atoms with E-state index in [-0.39, 0.29) is 0 Å². The molecule has 0 aliphatic carbocycles. The Morgan fingerprint density at radius 1 is 0.750 bits per heavy atom. The molecule has 2 aromatic carbocycles. The summed E-state index contributed by atoms with van der Waals surface area (Å²) < 4.78 is 37.6. The van der Waals surface area contributed by atoms with Crippen LogP contribution in [-0.4, -0.2) is 4.98 Å². The molecule has 1 aromatic heterocycles. The fourth-order valence-corrected chi connectivity index (χ4v) is 2.11. The van der Waals surface area contributed by atoms with Gasteiger partial charge in [-0.25, -0.2) is 0 Å². The van der Waals surface area contributed by atoms with Crippen LogP contribution in [0.4, 0.5) is 13.2 Å². The van der Waals surface area contributed by atoms with Crippen LogP contribution in [0, 0.1) is 0 Å². The van der Waals surface area contributed by atoms with Crippen LogP contribution in [0.1, 0.15) is 5.56 Å². The molecule has 0 aliphatic heterocycles. The third kappa shape index (κ3) is 2.37. The Labute approximate surface area is 113 Å². The van der Waals surface area contributed by atoms with Crippen LogP contribution in [0.5, 0.6) is 0 Å². The van der Waals surface area contributed by atoms with Crippen LogP contribution in [0.3, 0.4) is 0 Å². The van der Waals surface area contributed by atoms with Gasteiger partial charge in [-0.1, -0.05) is 24.3 Å². The fraction of sp³-hybridized carbons (Fsp3) is 0.0625. The first-order valence-corrected chi connectivity index (χ1v) is 6.05. The van der Waals surface area contributed by atoms with Crippen LogP contribution in [0.15, 0.2) is 60.9 Å². The summed E-state index contributed by atoms with van der Waals surface area (Å²) in [7, 11) is 0. The molecule has 0 aliphatic rings. The topological polar surface area (TPSA) is 12.9 Å². The van der Waals surface area contributed by atoms with Crippen molar-refractivity contribution in [1.82, 2.24) is 4.98 Å². The van der Waals surface area contributed by atoms with E-state index >= 15 is 0 Å². The highest BCUT2D eigenvalue weighted by atomic mass is 19.4. The summed E-state index contributed by atoms with van der Waals surface area (Å²) in [5.74, 6) is 0. The lowest BCUT2D eigenvalue weighted by Gasteiger charge is -2.08. The molecule has 0 bridgehead atoms. The molecule has 3 aromatic rings. The predicted octanol–water partition coefficient (Wildman–Crippen LogP) is 4.92. The molecule has 0 atom stereocenters. The number of nitrogens with zero attached hydrogens (tertiary/aromatic N) is 1. The number of pyridine rings is 1. The van der Waals surface area contributed by atoms with Gasteiger partial charge in [0, 0.05) is 17.8 Å². The first-order chi connectivity index (χ1) is 9.54. The van der Waals surface area contributed by atoms with E-state index in [4.69, 9.17) is 0 Å². The van der Waals surface area contributed by atoms with E-state index in [0.717, 1.165) is 34.0 Å². The summed E-state index contributed by atoms with van der Waals surface area (Å²) in [6.45, 7) is 0. The molecule has 20 heavy (non-hydrogen) atoms. The summed E-state index contributed by atoms with van der Waals surface area (Å²) in [6, 6.07) is 12.8. The molecular weight excluding hydrogens is 263 g/mol. The standard InChI is InChI=1S/C16H10F3N/c17-16(18,19)15-5-3-11(4-6-15)12-1-2-14-10-20-8-7-13(14)9-12/h1-10H. The number of aromatic nitrogens is 1. The van der Waals surface area contributed by atoms with Crippen LogP contribution in [0.2, 0.25) is 0 Å². The number of hydrogen-bond donors (Lipinski definition) is 0. The molecule has 0 saturated carbocycles. The maximum Gasteiger partial charge on any atom is 0.416 e. The Morgan fingerprint density at radius 3 is 2.15 bits per heavy atom. The van der Waals surface area contributed by atoms with Crippen molar-refractivity contribution < 1.29 is 13.2 Å². The second-order valence-electron chi connectivity index (χ2n) is 4.51. The summed E-state index contributed by atoms with van der Waals surface area (Å²) in [6.07, 6.45) is -0.849. The SMILES string of the molecule is FC(F)(F)c1ccc(-c2ccc3cnccc3c2)cc1. The van der Waals surface area contributed by atoms with Crippen molar-refractivity contribution in [3.05, 3.63) is 66.5 Å². The summed E-state index contributed by atoms with van der Waals surface area (Å²) in [5.41, 5.74) is 1.01. The average molecular weight is 273 g/mol. The third-order valence-electron chi connectivity index (χ3n) is 3.19. The molecule has 4 heteroatoms. The minimum Gasteiger partial charge on any atom is -0.264 e. The Balaban J connectivity index is 2.02. The predicted molar refractivity (Wildman–Crippen MR) is 72.2 cm³/mol. The summed E-state index contributed by atoms with van der Waals surface area (Å²) in [4.78, 5) is 4.03. The lowest BCUT2D eigenvalue weighted by molar-refractivity contribution is -0.137. The minimum absolute atomic E-state index is 0.633. The molecule has 1 heterocycles. The number of halogens is 3.